The first-order valence-electron chi connectivity index (χ1n) is 11.1. The first-order chi connectivity index (χ1) is 16.9. The molecule has 0 spiro atoms. The maximum absolute atomic E-state index is 13.0. The number of benzene rings is 1. The molecule has 4 aromatic rings. The number of fused-ring (bicyclic) bond motifs is 1. The van der Waals surface area contributed by atoms with Crippen molar-refractivity contribution in [2.24, 2.45) is 0 Å². The molecule has 1 aliphatic heterocycles. The summed E-state index contributed by atoms with van der Waals surface area (Å²) in [6.45, 7) is 2.59. The Balaban J connectivity index is 1.43. The van der Waals surface area contributed by atoms with E-state index >= 15 is 0 Å². The Morgan fingerprint density at radius 1 is 1.17 bits per heavy atom. The Labute approximate surface area is 202 Å². The van der Waals surface area contributed by atoms with Crippen molar-refractivity contribution in [1.82, 2.24) is 24.7 Å². The Kier molecular flexibility index (Phi) is 6.10. The van der Waals surface area contributed by atoms with Crippen LogP contribution in [-0.4, -0.2) is 65.2 Å². The van der Waals surface area contributed by atoms with Crippen molar-refractivity contribution in [2.75, 3.05) is 42.7 Å². The van der Waals surface area contributed by atoms with Crippen LogP contribution in [0.25, 0.3) is 22.3 Å². The van der Waals surface area contributed by atoms with Crippen molar-refractivity contribution in [3.63, 3.8) is 0 Å². The molecule has 1 aliphatic rings. The molecule has 0 bridgehead atoms. The molecule has 180 valence electrons. The summed E-state index contributed by atoms with van der Waals surface area (Å²) < 4.78 is 32.8. The number of aromatic amines is 1. The van der Waals surface area contributed by atoms with Gasteiger partial charge in [-0.2, -0.15) is 10.4 Å². The number of aromatic nitrogens is 5. The van der Waals surface area contributed by atoms with Crippen LogP contribution in [0.4, 0.5) is 11.6 Å². The third kappa shape index (κ3) is 5.11. The molecule has 4 heterocycles. The molecule has 0 aliphatic carbocycles. The summed E-state index contributed by atoms with van der Waals surface area (Å²) in [6, 6.07) is 11.5. The molecule has 3 N–H and O–H groups in total. The summed E-state index contributed by atoms with van der Waals surface area (Å²) in [7, 11) is -3.54. The third-order valence-corrected chi connectivity index (χ3v) is 7.36. The maximum Gasteiger partial charge on any atom is 0.163 e. The van der Waals surface area contributed by atoms with Gasteiger partial charge in [0.1, 0.15) is 17.5 Å². The van der Waals surface area contributed by atoms with E-state index in [-0.39, 0.29) is 29.4 Å². The van der Waals surface area contributed by atoms with Gasteiger partial charge in [-0.05, 0) is 24.3 Å². The highest BCUT2D eigenvalue weighted by atomic mass is 32.2. The predicted molar refractivity (Wildman–Crippen MR) is 131 cm³/mol. The second-order valence-corrected chi connectivity index (χ2v) is 10.5. The third-order valence-electron chi connectivity index (χ3n) is 5.82. The van der Waals surface area contributed by atoms with E-state index < -0.39 is 9.84 Å². The van der Waals surface area contributed by atoms with E-state index in [4.69, 9.17) is 20.7 Å². The number of rotatable bonds is 7. The van der Waals surface area contributed by atoms with Crippen molar-refractivity contribution in [3.8, 4) is 17.5 Å². The van der Waals surface area contributed by atoms with Crippen molar-refractivity contribution in [3.05, 3.63) is 54.0 Å². The largest absolute Gasteiger partial charge is 0.381 e. The van der Waals surface area contributed by atoms with E-state index in [0.29, 0.717) is 43.6 Å². The summed E-state index contributed by atoms with van der Waals surface area (Å²) in [4.78, 5) is 14.6. The smallest absolute Gasteiger partial charge is 0.163 e. The monoisotopic (exact) mass is 492 g/mol. The minimum atomic E-state index is -3.54. The molecular weight excluding hydrogens is 468 g/mol. The second-order valence-electron chi connectivity index (χ2n) is 8.32. The summed E-state index contributed by atoms with van der Waals surface area (Å²) in [6.07, 6.45) is 3.31. The zero-order valence-electron chi connectivity index (χ0n) is 18.9. The molecule has 11 nitrogen and oxygen atoms in total. The summed E-state index contributed by atoms with van der Waals surface area (Å²) in [5.74, 6) is 0.825. The van der Waals surface area contributed by atoms with Gasteiger partial charge in [-0.15, -0.1) is 0 Å². The summed E-state index contributed by atoms with van der Waals surface area (Å²) in [5.41, 5.74) is 8.11. The van der Waals surface area contributed by atoms with Gasteiger partial charge in [-0.3, -0.25) is 4.68 Å². The lowest BCUT2D eigenvalue weighted by Crippen LogP contribution is -2.37. The van der Waals surface area contributed by atoms with Gasteiger partial charge < -0.3 is 20.4 Å². The molecule has 5 rings (SSSR count). The fraction of sp³-hybridized carbons (Fsp3) is 0.304. The van der Waals surface area contributed by atoms with Gasteiger partial charge in [0.05, 0.1) is 37.0 Å². The number of nitrogens with one attached hydrogen (secondary N) is 1. The fourth-order valence-corrected chi connectivity index (χ4v) is 5.21. The van der Waals surface area contributed by atoms with Crippen molar-refractivity contribution in [1.29, 1.82) is 5.26 Å². The highest BCUT2D eigenvalue weighted by molar-refractivity contribution is 7.90. The van der Waals surface area contributed by atoms with Crippen LogP contribution in [-0.2, 0) is 26.9 Å². The van der Waals surface area contributed by atoms with E-state index in [2.05, 4.69) is 20.0 Å². The van der Waals surface area contributed by atoms with E-state index in [1.807, 2.05) is 36.5 Å². The number of aryl methyl sites for hydroxylation is 1. The second kappa shape index (κ2) is 9.36. The van der Waals surface area contributed by atoms with Gasteiger partial charge in [-0.1, -0.05) is 0 Å². The van der Waals surface area contributed by atoms with E-state index in [9.17, 15) is 8.42 Å². The summed E-state index contributed by atoms with van der Waals surface area (Å²) >= 11 is 0. The zero-order valence-corrected chi connectivity index (χ0v) is 19.7. The average molecular weight is 493 g/mol. The SMILES string of the molecule is N#Cc1cn(CCS(=O)(=O)Cc2cc(N3CCOCC3)nc(-c3ccc4[nH]ccc4c3)n2)nc1N. The molecule has 0 unspecified atom stereocenters. The Morgan fingerprint density at radius 3 is 2.77 bits per heavy atom. The van der Waals surface area contributed by atoms with Gasteiger partial charge in [0.2, 0.25) is 0 Å². The number of H-pyrrole nitrogens is 1. The van der Waals surface area contributed by atoms with E-state index in [0.717, 1.165) is 16.5 Å². The van der Waals surface area contributed by atoms with E-state index in [1.165, 1.54) is 10.9 Å². The molecule has 1 fully saturated rings. The molecule has 0 radical (unpaired) electrons. The maximum atomic E-state index is 13.0. The molecular formula is C23H24N8O3S. The highest BCUT2D eigenvalue weighted by Crippen LogP contribution is 2.25. The topological polar surface area (TPSA) is 156 Å². The molecule has 0 saturated carbocycles. The number of nitrogens with two attached hydrogens (primary N) is 1. The Bertz CT molecular complexity index is 1510. The number of hydrogen-bond acceptors (Lipinski definition) is 9. The minimum Gasteiger partial charge on any atom is -0.381 e. The quantitative estimate of drug-likeness (QED) is 0.392. The van der Waals surface area contributed by atoms with Crippen LogP contribution in [0.1, 0.15) is 11.3 Å². The van der Waals surface area contributed by atoms with Crippen LogP contribution < -0.4 is 10.6 Å². The predicted octanol–water partition coefficient (Wildman–Crippen LogP) is 1.73. The molecule has 35 heavy (non-hydrogen) atoms. The number of ether oxygens (including phenoxy) is 1. The molecule has 12 heteroatoms. The number of nitrogens with zero attached hydrogens (tertiary/aromatic N) is 6. The first kappa shape index (κ1) is 22.8. The van der Waals surface area contributed by atoms with Gasteiger partial charge in [0.15, 0.2) is 21.5 Å². The molecule has 0 amide bonds. The van der Waals surface area contributed by atoms with Crippen LogP contribution in [0.5, 0.6) is 0 Å². The molecule has 0 atom stereocenters. The number of hydrogen-bond donors (Lipinski definition) is 2. The van der Waals surface area contributed by atoms with Crippen molar-refractivity contribution >= 4 is 32.4 Å². The highest BCUT2D eigenvalue weighted by Gasteiger charge is 2.20. The Morgan fingerprint density at radius 2 is 2.00 bits per heavy atom. The molecule has 3 aromatic heterocycles. The van der Waals surface area contributed by atoms with Gasteiger partial charge in [-0.25, -0.2) is 18.4 Å². The normalized spacial score (nSPS) is 14.3. The van der Waals surface area contributed by atoms with Gasteiger partial charge in [0.25, 0.3) is 0 Å². The van der Waals surface area contributed by atoms with Crippen molar-refractivity contribution < 1.29 is 13.2 Å². The van der Waals surface area contributed by atoms with Crippen LogP contribution >= 0.6 is 0 Å². The molecule has 1 aromatic carbocycles. The lowest BCUT2D eigenvalue weighted by Gasteiger charge is -2.28. The van der Waals surface area contributed by atoms with Crippen LogP contribution in [0.3, 0.4) is 0 Å². The van der Waals surface area contributed by atoms with E-state index in [1.54, 1.807) is 6.07 Å². The average Bonchev–Trinajstić information content (AvgIpc) is 3.48. The standard InChI is InChI=1S/C23H24N8O3S/c24-13-18-14-31(29-22(18)25)7-10-35(32,33)15-19-12-21(30-5-8-34-9-6-30)28-23(27-19)17-1-2-20-16(11-17)3-4-26-20/h1-4,11-12,14,26H,5-10,15H2,(H2,25,29). The van der Waals surface area contributed by atoms with Gasteiger partial charge >= 0.3 is 0 Å². The van der Waals surface area contributed by atoms with Crippen molar-refractivity contribution in [2.45, 2.75) is 12.3 Å². The number of nitrogen functional groups attached to an aromatic ring is 1. The van der Waals surface area contributed by atoms with Crippen LogP contribution in [0.2, 0.25) is 0 Å². The number of morpholine rings is 1. The lowest BCUT2D eigenvalue weighted by atomic mass is 10.1. The van der Waals surface area contributed by atoms with Crippen LogP contribution in [0.15, 0.2) is 42.7 Å². The fourth-order valence-electron chi connectivity index (χ4n) is 4.00. The summed E-state index contributed by atoms with van der Waals surface area (Å²) in [5, 5.41) is 14.0. The lowest BCUT2D eigenvalue weighted by molar-refractivity contribution is 0.122. The first-order valence-corrected chi connectivity index (χ1v) is 12.9. The zero-order chi connectivity index (χ0) is 24.4. The Hall–Kier alpha value is -3.95. The van der Waals surface area contributed by atoms with Crippen LogP contribution in [0, 0.1) is 11.3 Å². The number of anilines is 2. The van der Waals surface area contributed by atoms with Gasteiger partial charge in [0, 0.05) is 48.0 Å². The number of sulfone groups is 1. The number of nitriles is 1. The minimum absolute atomic E-state index is 0.0832. The molecule has 1 saturated heterocycles.